The van der Waals surface area contributed by atoms with Crippen LogP contribution in [0.1, 0.15) is 22.4 Å². The Hall–Kier alpha value is -1.53. The van der Waals surface area contributed by atoms with Gasteiger partial charge in [0.25, 0.3) is 5.91 Å². The summed E-state index contributed by atoms with van der Waals surface area (Å²) in [5.41, 5.74) is 1.55. The zero-order chi connectivity index (χ0) is 16.4. The molecule has 122 valence electrons. The largest absolute Gasteiger partial charge is 0.336 e. The molecule has 2 unspecified atom stereocenters. The van der Waals surface area contributed by atoms with Crippen LogP contribution in [0.3, 0.4) is 0 Å². The van der Waals surface area contributed by atoms with Crippen molar-refractivity contribution in [3.63, 3.8) is 0 Å². The van der Waals surface area contributed by atoms with Crippen LogP contribution in [0.15, 0.2) is 30.3 Å². The minimum atomic E-state index is -0.829. The standard InChI is InChI=1S/C17H20N2O2S2/c1-12-10-19(8-9-23(21)11-12)17(20)15-16(22-13(2)18-15)14-6-4-3-5-7-14/h3-7,12H,8-11H2,1-2H3. The highest BCUT2D eigenvalue weighted by molar-refractivity contribution is 7.85. The maximum atomic E-state index is 13.0. The number of thiazole rings is 1. The Morgan fingerprint density at radius 1 is 1.35 bits per heavy atom. The first-order chi connectivity index (χ1) is 11.0. The summed E-state index contributed by atoms with van der Waals surface area (Å²) in [7, 11) is -0.829. The molecule has 6 heteroatoms. The smallest absolute Gasteiger partial charge is 0.274 e. The first-order valence-corrected chi connectivity index (χ1v) is 10.0. The van der Waals surface area contributed by atoms with Crippen molar-refractivity contribution >= 4 is 28.0 Å². The van der Waals surface area contributed by atoms with Crippen molar-refractivity contribution in [1.82, 2.24) is 9.88 Å². The van der Waals surface area contributed by atoms with Gasteiger partial charge < -0.3 is 4.90 Å². The molecule has 2 heterocycles. The summed E-state index contributed by atoms with van der Waals surface area (Å²) in [6.07, 6.45) is 0. The maximum absolute atomic E-state index is 13.0. The maximum Gasteiger partial charge on any atom is 0.274 e. The summed E-state index contributed by atoms with van der Waals surface area (Å²) in [6, 6.07) is 9.91. The van der Waals surface area contributed by atoms with E-state index in [0.29, 0.717) is 30.3 Å². The summed E-state index contributed by atoms with van der Waals surface area (Å²) >= 11 is 1.55. The lowest BCUT2D eigenvalue weighted by Gasteiger charge is -2.21. The monoisotopic (exact) mass is 348 g/mol. The van der Waals surface area contributed by atoms with Crippen molar-refractivity contribution in [3.05, 3.63) is 41.0 Å². The van der Waals surface area contributed by atoms with Gasteiger partial charge in [-0.25, -0.2) is 4.98 Å². The average Bonchev–Trinajstić information content (AvgIpc) is 2.84. The molecular formula is C17H20N2O2S2. The molecule has 1 aromatic carbocycles. The number of benzene rings is 1. The van der Waals surface area contributed by atoms with Crippen LogP contribution in [0.5, 0.6) is 0 Å². The molecule has 0 spiro atoms. The molecule has 1 fully saturated rings. The molecule has 0 aliphatic carbocycles. The van der Waals surface area contributed by atoms with E-state index >= 15 is 0 Å². The molecule has 0 saturated carbocycles. The molecule has 1 saturated heterocycles. The van der Waals surface area contributed by atoms with Gasteiger partial charge in [0.15, 0.2) is 0 Å². The fraction of sp³-hybridized carbons (Fsp3) is 0.412. The van der Waals surface area contributed by atoms with Gasteiger partial charge in [-0.15, -0.1) is 11.3 Å². The predicted octanol–water partition coefficient (Wildman–Crippen LogP) is 2.96. The summed E-state index contributed by atoms with van der Waals surface area (Å²) in [4.78, 5) is 20.2. The number of amides is 1. The third kappa shape index (κ3) is 3.70. The van der Waals surface area contributed by atoms with Gasteiger partial charge in [0, 0.05) is 35.4 Å². The molecule has 0 radical (unpaired) electrons. The molecule has 23 heavy (non-hydrogen) atoms. The van der Waals surface area contributed by atoms with Gasteiger partial charge in [0.05, 0.1) is 9.88 Å². The molecule has 0 bridgehead atoms. The minimum absolute atomic E-state index is 0.0426. The summed E-state index contributed by atoms with van der Waals surface area (Å²) in [5.74, 6) is 1.44. The number of aryl methyl sites for hydroxylation is 1. The van der Waals surface area contributed by atoms with Gasteiger partial charge >= 0.3 is 0 Å². The normalized spacial score (nSPS) is 21.9. The molecule has 1 amide bonds. The Balaban J connectivity index is 1.92. The molecular weight excluding hydrogens is 328 g/mol. The van der Waals surface area contributed by atoms with Crippen LogP contribution in [-0.4, -0.2) is 44.6 Å². The van der Waals surface area contributed by atoms with Crippen LogP contribution in [0, 0.1) is 12.8 Å². The van der Waals surface area contributed by atoms with Crippen LogP contribution in [0.4, 0.5) is 0 Å². The lowest BCUT2D eigenvalue weighted by molar-refractivity contribution is 0.0747. The van der Waals surface area contributed by atoms with Crippen LogP contribution in [0.25, 0.3) is 10.4 Å². The van der Waals surface area contributed by atoms with Gasteiger partial charge in [-0.05, 0) is 18.4 Å². The lowest BCUT2D eigenvalue weighted by Crippen LogP contribution is -2.35. The Labute approximate surface area is 143 Å². The fourth-order valence-electron chi connectivity index (χ4n) is 2.82. The molecule has 1 aliphatic heterocycles. The van der Waals surface area contributed by atoms with Crippen molar-refractivity contribution in [2.24, 2.45) is 5.92 Å². The Kier molecular flexibility index (Phi) is 4.92. The van der Waals surface area contributed by atoms with Crippen molar-refractivity contribution in [2.45, 2.75) is 13.8 Å². The van der Waals surface area contributed by atoms with E-state index in [1.807, 2.05) is 49.1 Å². The second kappa shape index (κ2) is 6.93. The fourth-order valence-corrected chi connectivity index (χ4v) is 5.07. The topological polar surface area (TPSA) is 50.3 Å². The van der Waals surface area contributed by atoms with Crippen molar-refractivity contribution < 1.29 is 9.00 Å². The van der Waals surface area contributed by atoms with Crippen LogP contribution >= 0.6 is 11.3 Å². The van der Waals surface area contributed by atoms with Crippen molar-refractivity contribution in [1.29, 1.82) is 0 Å². The third-order valence-electron chi connectivity index (χ3n) is 3.85. The number of hydrogen-bond acceptors (Lipinski definition) is 4. The van der Waals surface area contributed by atoms with E-state index in [9.17, 15) is 9.00 Å². The second-order valence-corrected chi connectivity index (χ2v) is 8.77. The number of hydrogen-bond donors (Lipinski definition) is 0. The minimum Gasteiger partial charge on any atom is -0.336 e. The van der Waals surface area contributed by atoms with Gasteiger partial charge in [-0.3, -0.25) is 9.00 Å². The zero-order valence-electron chi connectivity index (χ0n) is 13.3. The highest BCUT2D eigenvalue weighted by Gasteiger charge is 2.27. The lowest BCUT2D eigenvalue weighted by atomic mass is 10.1. The zero-order valence-corrected chi connectivity index (χ0v) is 15.0. The summed E-state index contributed by atoms with van der Waals surface area (Å²) < 4.78 is 11.9. The summed E-state index contributed by atoms with van der Waals surface area (Å²) in [5, 5.41) is 0.888. The van der Waals surface area contributed by atoms with Crippen molar-refractivity contribution in [3.8, 4) is 10.4 Å². The number of carbonyl (C=O) groups excluding carboxylic acids is 1. The first-order valence-electron chi connectivity index (χ1n) is 7.71. The van der Waals surface area contributed by atoms with Gasteiger partial charge in [0.1, 0.15) is 5.69 Å². The van der Waals surface area contributed by atoms with E-state index in [1.165, 1.54) is 0 Å². The average molecular weight is 348 g/mol. The van der Waals surface area contributed by atoms with E-state index in [2.05, 4.69) is 4.98 Å². The molecule has 0 N–H and O–H groups in total. The second-order valence-electron chi connectivity index (χ2n) is 5.94. The SMILES string of the molecule is Cc1nc(C(=O)N2CCS(=O)CC(C)C2)c(-c2ccccc2)s1. The van der Waals surface area contributed by atoms with Crippen LogP contribution in [0.2, 0.25) is 0 Å². The Bertz CT molecular complexity index is 727. The summed E-state index contributed by atoms with van der Waals surface area (Å²) in [6.45, 7) is 5.16. The molecule has 1 aliphatic rings. The quantitative estimate of drug-likeness (QED) is 0.838. The van der Waals surface area contributed by atoms with Gasteiger partial charge in [-0.1, -0.05) is 37.3 Å². The molecule has 2 aromatic rings. The van der Waals surface area contributed by atoms with Crippen LogP contribution in [-0.2, 0) is 10.8 Å². The molecule has 1 aromatic heterocycles. The van der Waals surface area contributed by atoms with E-state index in [0.717, 1.165) is 15.4 Å². The van der Waals surface area contributed by atoms with Crippen molar-refractivity contribution in [2.75, 3.05) is 24.6 Å². The highest BCUT2D eigenvalue weighted by Crippen LogP contribution is 2.31. The number of rotatable bonds is 2. The first kappa shape index (κ1) is 16.3. The third-order valence-corrected chi connectivity index (χ3v) is 6.45. The molecule has 4 nitrogen and oxygen atoms in total. The Morgan fingerprint density at radius 2 is 2.09 bits per heavy atom. The molecule has 2 atom stereocenters. The van der Waals surface area contributed by atoms with E-state index in [1.54, 1.807) is 11.3 Å². The van der Waals surface area contributed by atoms with Crippen LogP contribution < -0.4 is 0 Å². The van der Waals surface area contributed by atoms with E-state index in [-0.39, 0.29) is 11.8 Å². The molecule has 3 rings (SSSR count). The number of nitrogens with zero attached hydrogens (tertiary/aromatic N) is 2. The number of carbonyl (C=O) groups is 1. The number of aromatic nitrogens is 1. The van der Waals surface area contributed by atoms with Gasteiger partial charge in [-0.2, -0.15) is 0 Å². The van der Waals surface area contributed by atoms with E-state index < -0.39 is 10.8 Å². The van der Waals surface area contributed by atoms with Gasteiger partial charge in [0.2, 0.25) is 0 Å². The predicted molar refractivity (Wildman–Crippen MR) is 95.2 cm³/mol. The van der Waals surface area contributed by atoms with E-state index in [4.69, 9.17) is 0 Å². The Morgan fingerprint density at radius 3 is 2.83 bits per heavy atom. The highest BCUT2D eigenvalue weighted by atomic mass is 32.2.